The van der Waals surface area contributed by atoms with Crippen LogP contribution in [-0.2, 0) is 23.8 Å². The van der Waals surface area contributed by atoms with Crippen LogP contribution in [0.1, 0.15) is 6.42 Å². The Balaban J connectivity index is 2.25. The summed E-state index contributed by atoms with van der Waals surface area (Å²) < 4.78 is 14.8. The first-order valence-electron chi connectivity index (χ1n) is 5.32. The third-order valence-electron chi connectivity index (χ3n) is 2.34. The summed E-state index contributed by atoms with van der Waals surface area (Å²) in [7, 11) is 1.55. The third-order valence-corrected chi connectivity index (χ3v) is 2.34. The van der Waals surface area contributed by atoms with Crippen LogP contribution in [0.3, 0.4) is 0 Å². The van der Waals surface area contributed by atoms with Gasteiger partial charge in [0.25, 0.3) is 0 Å². The number of hydrogen-bond acceptors (Lipinski definition) is 5. The topological polar surface area (TPSA) is 99.9 Å². The van der Waals surface area contributed by atoms with Gasteiger partial charge in [-0.3, -0.25) is 9.59 Å². The number of methoxy groups -OCH3 is 1. The van der Waals surface area contributed by atoms with Gasteiger partial charge < -0.3 is 25.3 Å². The van der Waals surface area contributed by atoms with Gasteiger partial charge in [0.1, 0.15) is 6.61 Å². The fourth-order valence-electron chi connectivity index (χ4n) is 1.54. The van der Waals surface area contributed by atoms with Gasteiger partial charge in [0.15, 0.2) is 0 Å². The van der Waals surface area contributed by atoms with Crippen molar-refractivity contribution in [3.05, 3.63) is 0 Å². The molecular weight excluding hydrogens is 228 g/mol. The first-order valence-corrected chi connectivity index (χ1v) is 5.32. The zero-order chi connectivity index (χ0) is 12.7. The second kappa shape index (κ2) is 6.53. The minimum absolute atomic E-state index is 0.0656. The van der Waals surface area contributed by atoms with Gasteiger partial charge in [0.2, 0.25) is 11.8 Å². The van der Waals surface area contributed by atoms with E-state index in [9.17, 15) is 9.59 Å². The maximum absolute atomic E-state index is 11.5. The summed E-state index contributed by atoms with van der Waals surface area (Å²) >= 11 is 0. The van der Waals surface area contributed by atoms with E-state index in [0.717, 1.165) is 0 Å². The van der Waals surface area contributed by atoms with E-state index in [1.807, 2.05) is 0 Å². The molecule has 0 aliphatic carbocycles. The Morgan fingerprint density at radius 1 is 1.41 bits per heavy atom. The van der Waals surface area contributed by atoms with Crippen molar-refractivity contribution in [1.82, 2.24) is 5.32 Å². The molecule has 1 rings (SSSR count). The van der Waals surface area contributed by atoms with Crippen molar-refractivity contribution in [1.29, 1.82) is 0 Å². The zero-order valence-electron chi connectivity index (χ0n) is 9.86. The van der Waals surface area contributed by atoms with E-state index in [1.165, 1.54) is 0 Å². The lowest BCUT2D eigenvalue weighted by Gasteiger charge is -2.41. The van der Waals surface area contributed by atoms with Crippen molar-refractivity contribution >= 4 is 11.8 Å². The molecular formula is C10H18N2O5. The van der Waals surface area contributed by atoms with Crippen LogP contribution >= 0.6 is 0 Å². The number of nitrogens with one attached hydrogen (secondary N) is 1. The number of nitrogens with two attached hydrogens (primary N) is 1. The molecule has 0 aromatic heterocycles. The average Bonchev–Trinajstić information content (AvgIpc) is 2.20. The predicted octanol–water partition coefficient (Wildman–Crippen LogP) is -1.59. The molecule has 0 unspecified atom stereocenters. The highest BCUT2D eigenvalue weighted by Gasteiger charge is 2.41. The molecule has 2 amide bonds. The fraction of sp³-hybridized carbons (Fsp3) is 0.800. The largest absolute Gasteiger partial charge is 0.382 e. The summed E-state index contributed by atoms with van der Waals surface area (Å²) in [5.41, 5.74) is 4.46. The Hall–Kier alpha value is -1.18. The van der Waals surface area contributed by atoms with Gasteiger partial charge in [-0.05, 0) is 0 Å². The number of hydrogen-bond donors (Lipinski definition) is 2. The summed E-state index contributed by atoms with van der Waals surface area (Å²) in [5, 5.41) is 2.71. The van der Waals surface area contributed by atoms with Crippen LogP contribution < -0.4 is 11.1 Å². The normalized spacial score (nSPS) is 17.2. The van der Waals surface area contributed by atoms with Crippen molar-refractivity contribution in [3.63, 3.8) is 0 Å². The first kappa shape index (κ1) is 13.9. The van der Waals surface area contributed by atoms with E-state index < -0.39 is 11.4 Å². The number of carbonyl (C=O) groups is 2. The molecule has 7 nitrogen and oxygen atoms in total. The number of ether oxygens (including phenoxy) is 3. The molecule has 1 saturated heterocycles. The minimum atomic E-state index is -0.645. The van der Waals surface area contributed by atoms with Gasteiger partial charge >= 0.3 is 0 Å². The van der Waals surface area contributed by atoms with Crippen LogP contribution in [0.15, 0.2) is 0 Å². The SMILES string of the molecule is COCCOCC(=O)NC1(CC(N)=O)COC1. The Labute approximate surface area is 99.6 Å². The molecule has 0 aromatic carbocycles. The summed E-state index contributed by atoms with van der Waals surface area (Å²) in [6.45, 7) is 1.33. The molecule has 17 heavy (non-hydrogen) atoms. The first-order chi connectivity index (χ1) is 8.08. The fourth-order valence-corrected chi connectivity index (χ4v) is 1.54. The maximum atomic E-state index is 11.5. The van der Waals surface area contributed by atoms with Crippen molar-refractivity contribution in [2.24, 2.45) is 5.73 Å². The summed E-state index contributed by atoms with van der Waals surface area (Å²) in [4.78, 5) is 22.4. The Kier molecular flexibility index (Phi) is 5.33. The van der Waals surface area contributed by atoms with Crippen LogP contribution in [0.4, 0.5) is 0 Å². The standard InChI is InChI=1S/C10H18N2O5/c1-15-2-3-16-5-9(14)12-10(4-8(11)13)6-17-7-10/h2-7H2,1H3,(H2,11,13)(H,12,14). The highest BCUT2D eigenvalue weighted by Crippen LogP contribution is 2.20. The van der Waals surface area contributed by atoms with Crippen molar-refractivity contribution in [3.8, 4) is 0 Å². The highest BCUT2D eigenvalue weighted by molar-refractivity contribution is 5.81. The minimum Gasteiger partial charge on any atom is -0.382 e. The number of rotatable bonds is 8. The van der Waals surface area contributed by atoms with Gasteiger partial charge in [-0.2, -0.15) is 0 Å². The Bertz CT molecular complexity index is 278. The highest BCUT2D eigenvalue weighted by atomic mass is 16.5. The van der Waals surface area contributed by atoms with Crippen molar-refractivity contribution in [2.75, 3.05) is 40.1 Å². The lowest BCUT2D eigenvalue weighted by Crippen LogP contribution is -2.64. The number of carbonyl (C=O) groups excluding carboxylic acids is 2. The number of primary amides is 1. The van der Waals surface area contributed by atoms with Gasteiger partial charge in [0, 0.05) is 7.11 Å². The summed E-state index contributed by atoms with van der Waals surface area (Å²) in [6, 6.07) is 0. The van der Waals surface area contributed by atoms with Crippen LogP contribution in [0.5, 0.6) is 0 Å². The van der Waals surface area contributed by atoms with E-state index in [0.29, 0.717) is 26.4 Å². The van der Waals surface area contributed by atoms with E-state index in [4.69, 9.17) is 19.9 Å². The second-order valence-electron chi connectivity index (χ2n) is 4.01. The molecule has 0 aromatic rings. The summed E-state index contributed by atoms with van der Waals surface area (Å²) in [6.07, 6.45) is 0.0802. The molecule has 0 radical (unpaired) electrons. The molecule has 1 fully saturated rings. The zero-order valence-corrected chi connectivity index (χ0v) is 9.86. The average molecular weight is 246 g/mol. The van der Waals surface area contributed by atoms with E-state index >= 15 is 0 Å². The van der Waals surface area contributed by atoms with Gasteiger partial charge in [-0.25, -0.2) is 0 Å². The van der Waals surface area contributed by atoms with Gasteiger partial charge in [0.05, 0.1) is 38.4 Å². The Morgan fingerprint density at radius 2 is 2.12 bits per heavy atom. The molecule has 0 spiro atoms. The molecule has 1 heterocycles. The molecule has 1 aliphatic rings. The lowest BCUT2D eigenvalue weighted by atomic mass is 9.92. The number of amides is 2. The monoisotopic (exact) mass is 246 g/mol. The smallest absolute Gasteiger partial charge is 0.246 e. The molecule has 0 saturated carbocycles. The van der Waals surface area contributed by atoms with Crippen molar-refractivity contribution < 1.29 is 23.8 Å². The predicted molar refractivity (Wildman–Crippen MR) is 58.2 cm³/mol. The van der Waals surface area contributed by atoms with Crippen molar-refractivity contribution in [2.45, 2.75) is 12.0 Å². The van der Waals surface area contributed by atoms with Gasteiger partial charge in [-0.1, -0.05) is 0 Å². The van der Waals surface area contributed by atoms with Crippen LogP contribution in [0.2, 0.25) is 0 Å². The lowest BCUT2D eigenvalue weighted by molar-refractivity contribution is -0.141. The molecule has 0 atom stereocenters. The molecule has 98 valence electrons. The van der Waals surface area contributed by atoms with Crippen LogP contribution in [-0.4, -0.2) is 57.5 Å². The van der Waals surface area contributed by atoms with Gasteiger partial charge in [-0.15, -0.1) is 0 Å². The van der Waals surface area contributed by atoms with E-state index in [1.54, 1.807) is 7.11 Å². The summed E-state index contributed by atoms with van der Waals surface area (Å²) in [5.74, 6) is -0.750. The molecule has 1 aliphatic heterocycles. The molecule has 3 N–H and O–H groups in total. The Morgan fingerprint density at radius 3 is 2.59 bits per heavy atom. The second-order valence-corrected chi connectivity index (χ2v) is 4.01. The maximum Gasteiger partial charge on any atom is 0.246 e. The third kappa shape index (κ3) is 4.68. The molecule has 7 heteroatoms. The molecule has 0 bridgehead atoms. The van der Waals surface area contributed by atoms with Crippen LogP contribution in [0, 0.1) is 0 Å². The quantitative estimate of drug-likeness (QED) is 0.503. The van der Waals surface area contributed by atoms with Crippen LogP contribution in [0.25, 0.3) is 0 Å². The van der Waals surface area contributed by atoms with E-state index in [-0.39, 0.29) is 18.9 Å². The van der Waals surface area contributed by atoms with E-state index in [2.05, 4.69) is 5.32 Å².